The molecule has 1 aromatic carbocycles. The van der Waals surface area contributed by atoms with Crippen molar-refractivity contribution in [1.82, 2.24) is 9.62 Å². The third kappa shape index (κ3) is 4.25. The Labute approximate surface area is 154 Å². The Morgan fingerprint density at radius 1 is 1.42 bits per heavy atom. The van der Waals surface area contributed by atoms with Gasteiger partial charge in [-0.1, -0.05) is 13.0 Å². The topological polar surface area (TPSA) is 84.9 Å². The molecule has 1 atom stereocenters. The zero-order chi connectivity index (χ0) is 18.8. The molecule has 0 saturated carbocycles. The molecule has 1 aromatic rings. The number of carbonyl (C=O) groups is 1. The molecule has 0 radical (unpaired) electrons. The summed E-state index contributed by atoms with van der Waals surface area (Å²) in [6, 6.07) is 6.23. The number of carbonyl (C=O) groups excluding carboxylic acids is 1. The Morgan fingerprint density at radius 3 is 2.85 bits per heavy atom. The summed E-state index contributed by atoms with van der Waals surface area (Å²) in [4.78, 5) is 14.6. The predicted octanol–water partition coefficient (Wildman–Crippen LogP) is 1.11. The molecule has 2 aliphatic rings. The van der Waals surface area contributed by atoms with E-state index in [0.29, 0.717) is 50.9 Å². The molecule has 2 fully saturated rings. The van der Waals surface area contributed by atoms with Gasteiger partial charge in [0.15, 0.2) is 0 Å². The van der Waals surface area contributed by atoms with Crippen LogP contribution in [-0.4, -0.2) is 65.8 Å². The summed E-state index contributed by atoms with van der Waals surface area (Å²) < 4.78 is 38.1. The third-order valence-electron chi connectivity index (χ3n) is 4.96. The van der Waals surface area contributed by atoms with Gasteiger partial charge in [-0.25, -0.2) is 13.1 Å². The second kappa shape index (κ2) is 7.64. The molecular formula is C18H26N2O5S. The van der Waals surface area contributed by atoms with Crippen molar-refractivity contribution in [1.29, 1.82) is 0 Å². The van der Waals surface area contributed by atoms with Crippen LogP contribution < -0.4 is 4.72 Å². The lowest BCUT2D eigenvalue weighted by molar-refractivity contribution is -0.0965. The van der Waals surface area contributed by atoms with Crippen LogP contribution in [0.5, 0.6) is 0 Å². The fourth-order valence-electron chi connectivity index (χ4n) is 3.27. The van der Waals surface area contributed by atoms with E-state index in [9.17, 15) is 13.2 Å². The number of benzene rings is 1. The highest BCUT2D eigenvalue weighted by atomic mass is 32.2. The van der Waals surface area contributed by atoms with Crippen LogP contribution in [0.2, 0.25) is 0 Å². The standard InChI is InChI=1S/C18H26N2O5S/c1-18(12-25-13-18)11-19-26(22,23)16-5-3-4-15(8-16)17(21)20-7-6-14(9-20)10-24-2/h3-5,8,14,19H,6-7,9-13H2,1-2H3. The van der Waals surface area contributed by atoms with E-state index in [1.807, 2.05) is 6.92 Å². The summed E-state index contributed by atoms with van der Waals surface area (Å²) in [5.74, 6) is 0.197. The minimum atomic E-state index is -3.66. The summed E-state index contributed by atoms with van der Waals surface area (Å²) in [7, 11) is -2.01. The quantitative estimate of drug-likeness (QED) is 0.764. The lowest BCUT2D eigenvalue weighted by Crippen LogP contribution is -2.48. The fourth-order valence-corrected chi connectivity index (χ4v) is 4.52. The van der Waals surface area contributed by atoms with Crippen LogP contribution in [-0.2, 0) is 19.5 Å². The molecule has 1 unspecified atom stereocenters. The van der Waals surface area contributed by atoms with Crippen LogP contribution in [0.3, 0.4) is 0 Å². The predicted molar refractivity (Wildman–Crippen MR) is 96.4 cm³/mol. The summed E-state index contributed by atoms with van der Waals surface area (Å²) in [5.41, 5.74) is 0.232. The highest BCUT2D eigenvalue weighted by Crippen LogP contribution is 2.26. The lowest BCUT2D eigenvalue weighted by Gasteiger charge is -2.37. The number of likely N-dealkylation sites (tertiary alicyclic amines) is 1. The smallest absolute Gasteiger partial charge is 0.253 e. The third-order valence-corrected chi connectivity index (χ3v) is 6.36. The number of ether oxygens (including phenoxy) is 2. The van der Waals surface area contributed by atoms with E-state index in [1.165, 1.54) is 12.1 Å². The second-order valence-corrected chi connectivity index (χ2v) is 9.28. The maximum Gasteiger partial charge on any atom is 0.253 e. The first-order valence-electron chi connectivity index (χ1n) is 8.79. The van der Waals surface area contributed by atoms with E-state index in [2.05, 4.69) is 4.72 Å². The number of hydrogen-bond donors (Lipinski definition) is 1. The van der Waals surface area contributed by atoms with Crippen LogP contribution in [0, 0.1) is 11.3 Å². The first-order chi connectivity index (χ1) is 12.3. The highest BCUT2D eigenvalue weighted by Gasteiger charge is 2.35. The number of methoxy groups -OCH3 is 1. The minimum Gasteiger partial charge on any atom is -0.384 e. The number of sulfonamides is 1. The van der Waals surface area contributed by atoms with Crippen molar-refractivity contribution in [3.8, 4) is 0 Å². The van der Waals surface area contributed by atoms with Gasteiger partial charge in [-0.3, -0.25) is 4.79 Å². The summed E-state index contributed by atoms with van der Waals surface area (Å²) in [6.45, 7) is 5.32. The van der Waals surface area contributed by atoms with Gasteiger partial charge in [0.1, 0.15) is 0 Å². The first-order valence-corrected chi connectivity index (χ1v) is 10.3. The first kappa shape index (κ1) is 19.3. The van der Waals surface area contributed by atoms with Crippen molar-refractivity contribution in [3.05, 3.63) is 29.8 Å². The maximum atomic E-state index is 12.7. The number of nitrogens with one attached hydrogen (secondary N) is 1. The molecule has 0 aromatic heterocycles. The van der Waals surface area contributed by atoms with E-state index >= 15 is 0 Å². The molecule has 0 spiro atoms. The molecular weight excluding hydrogens is 356 g/mol. The highest BCUT2D eigenvalue weighted by molar-refractivity contribution is 7.89. The van der Waals surface area contributed by atoms with Crippen LogP contribution >= 0.6 is 0 Å². The van der Waals surface area contributed by atoms with Gasteiger partial charge >= 0.3 is 0 Å². The van der Waals surface area contributed by atoms with Crippen molar-refractivity contribution in [2.75, 3.05) is 46.6 Å². The molecule has 3 rings (SSSR count). The van der Waals surface area contributed by atoms with Gasteiger partial charge in [-0.2, -0.15) is 0 Å². The van der Waals surface area contributed by atoms with Gasteiger partial charge in [0.05, 0.1) is 24.7 Å². The molecule has 8 heteroatoms. The molecule has 144 valence electrons. The molecule has 7 nitrogen and oxygen atoms in total. The summed E-state index contributed by atoms with van der Waals surface area (Å²) in [5, 5.41) is 0. The van der Waals surface area contributed by atoms with Gasteiger partial charge in [0.25, 0.3) is 5.91 Å². The summed E-state index contributed by atoms with van der Waals surface area (Å²) in [6.07, 6.45) is 0.903. The van der Waals surface area contributed by atoms with Crippen molar-refractivity contribution in [2.24, 2.45) is 11.3 Å². The Morgan fingerprint density at radius 2 is 2.19 bits per heavy atom. The van der Waals surface area contributed by atoms with Crippen LogP contribution in [0.1, 0.15) is 23.7 Å². The minimum absolute atomic E-state index is 0.111. The summed E-state index contributed by atoms with van der Waals surface area (Å²) >= 11 is 0. The average molecular weight is 382 g/mol. The number of amides is 1. The van der Waals surface area contributed by atoms with E-state index in [0.717, 1.165) is 6.42 Å². The van der Waals surface area contributed by atoms with Crippen molar-refractivity contribution in [2.45, 2.75) is 18.2 Å². The van der Waals surface area contributed by atoms with E-state index in [1.54, 1.807) is 24.1 Å². The number of nitrogens with zero attached hydrogens (tertiary/aromatic N) is 1. The largest absolute Gasteiger partial charge is 0.384 e. The average Bonchev–Trinajstić information content (AvgIpc) is 3.07. The van der Waals surface area contributed by atoms with Gasteiger partial charge in [0, 0.05) is 43.6 Å². The monoisotopic (exact) mass is 382 g/mol. The van der Waals surface area contributed by atoms with Crippen molar-refractivity contribution >= 4 is 15.9 Å². The molecule has 2 heterocycles. The van der Waals surface area contributed by atoms with E-state index in [4.69, 9.17) is 9.47 Å². The van der Waals surface area contributed by atoms with E-state index < -0.39 is 10.0 Å². The van der Waals surface area contributed by atoms with Gasteiger partial charge in [0.2, 0.25) is 10.0 Å². The molecule has 2 aliphatic heterocycles. The number of rotatable bonds is 7. The molecule has 2 saturated heterocycles. The zero-order valence-corrected chi connectivity index (χ0v) is 16.0. The van der Waals surface area contributed by atoms with E-state index in [-0.39, 0.29) is 16.2 Å². The fraction of sp³-hybridized carbons (Fsp3) is 0.611. The Balaban J connectivity index is 1.68. The van der Waals surface area contributed by atoms with Crippen LogP contribution in [0.15, 0.2) is 29.2 Å². The van der Waals surface area contributed by atoms with Crippen molar-refractivity contribution < 1.29 is 22.7 Å². The molecule has 26 heavy (non-hydrogen) atoms. The normalized spacial score (nSPS) is 22.2. The molecule has 0 bridgehead atoms. The zero-order valence-electron chi connectivity index (χ0n) is 15.2. The van der Waals surface area contributed by atoms with Crippen LogP contribution in [0.25, 0.3) is 0 Å². The molecule has 1 N–H and O–H groups in total. The van der Waals surface area contributed by atoms with Gasteiger partial charge in [-0.05, 0) is 24.6 Å². The van der Waals surface area contributed by atoms with Crippen molar-refractivity contribution in [3.63, 3.8) is 0 Å². The number of hydrogen-bond acceptors (Lipinski definition) is 5. The van der Waals surface area contributed by atoms with Gasteiger partial charge < -0.3 is 14.4 Å². The Bertz CT molecular complexity index is 761. The second-order valence-electron chi connectivity index (χ2n) is 7.52. The lowest BCUT2D eigenvalue weighted by atomic mass is 9.89. The maximum absolute atomic E-state index is 12.7. The Kier molecular flexibility index (Phi) is 5.67. The van der Waals surface area contributed by atoms with Crippen LogP contribution in [0.4, 0.5) is 0 Å². The SMILES string of the molecule is COCC1CCN(C(=O)c2cccc(S(=O)(=O)NCC3(C)COC3)c2)C1. The molecule has 0 aliphatic carbocycles. The Hall–Kier alpha value is -1.48. The van der Waals surface area contributed by atoms with Gasteiger partial charge in [-0.15, -0.1) is 0 Å². The molecule has 1 amide bonds.